The van der Waals surface area contributed by atoms with Crippen LogP contribution in [-0.2, 0) is 20.1 Å². The zero-order valence-corrected chi connectivity index (χ0v) is 33.6. The summed E-state index contributed by atoms with van der Waals surface area (Å²) in [7, 11) is 0. The van der Waals surface area contributed by atoms with Gasteiger partial charge in [0.25, 0.3) is 0 Å². The fourth-order valence-electron chi connectivity index (χ4n) is 7.85. The van der Waals surface area contributed by atoms with Gasteiger partial charge in [0, 0.05) is 43.4 Å². The van der Waals surface area contributed by atoms with Gasteiger partial charge in [-0.2, -0.15) is 0 Å². The quantitative estimate of drug-likeness (QED) is 0.162. The summed E-state index contributed by atoms with van der Waals surface area (Å²) in [6, 6.07) is 44.0. The van der Waals surface area contributed by atoms with E-state index >= 15 is 0 Å². The van der Waals surface area contributed by atoms with Gasteiger partial charge in [-0.25, -0.2) is 4.98 Å². The van der Waals surface area contributed by atoms with E-state index in [-0.39, 0.29) is 20.1 Å². The van der Waals surface area contributed by atoms with Crippen LogP contribution in [0.4, 0.5) is 0 Å². The standard InChI is InChI=1S/C37H33N2O.C12H10N.Ir/c1-23-17-18-28(26-11-6-4-7-12-26)25(3)35(23)33-20-19-30-29-15-10-16-31(36(29)40-37(30)39-33)34-21-24(2)32(22-38-34)27-13-8-5-9-14-27;1-10-7-8-12(13-9-10)11-5-3-2-4-6-11;/h4,6-7,10-12,15,17-22,27H,5,8-9,13-14H2,1-3H3;2-5,7-9H,1H3;/q2*-1;. The van der Waals surface area contributed by atoms with Crippen LogP contribution in [0.1, 0.15) is 65.8 Å². The van der Waals surface area contributed by atoms with Gasteiger partial charge in [0.1, 0.15) is 0 Å². The largest absolute Gasteiger partial charge is 0.486 e. The molecule has 4 aromatic heterocycles. The molecule has 0 spiro atoms. The number of rotatable bonds is 5. The molecule has 0 N–H and O–H groups in total. The van der Waals surface area contributed by atoms with Crippen LogP contribution < -0.4 is 0 Å². The molecule has 4 aromatic carbocycles. The van der Waals surface area contributed by atoms with Crippen molar-refractivity contribution in [3.63, 3.8) is 0 Å². The van der Waals surface area contributed by atoms with Crippen LogP contribution in [0.2, 0.25) is 0 Å². The van der Waals surface area contributed by atoms with Gasteiger partial charge in [-0.3, -0.25) is 0 Å². The summed E-state index contributed by atoms with van der Waals surface area (Å²) in [4.78, 5) is 14.3. The predicted molar refractivity (Wildman–Crippen MR) is 218 cm³/mol. The first kappa shape index (κ1) is 37.1. The Bertz CT molecular complexity index is 2520. The Labute approximate surface area is 332 Å². The Morgan fingerprint density at radius 2 is 1.43 bits per heavy atom. The molecular formula is C49H43IrN3O-2. The van der Waals surface area contributed by atoms with Gasteiger partial charge in [0.05, 0.1) is 11.3 Å². The molecule has 0 aliphatic heterocycles. The molecule has 0 amide bonds. The third-order valence-corrected chi connectivity index (χ3v) is 10.7. The second kappa shape index (κ2) is 16.4. The van der Waals surface area contributed by atoms with Crippen LogP contribution in [0.25, 0.3) is 67.0 Å². The monoisotopic (exact) mass is 882 g/mol. The molecule has 4 heterocycles. The topological polar surface area (TPSA) is 51.8 Å². The first-order valence-electron chi connectivity index (χ1n) is 18.7. The van der Waals surface area contributed by atoms with Crippen molar-refractivity contribution in [1.29, 1.82) is 0 Å². The van der Waals surface area contributed by atoms with E-state index in [1.807, 2.05) is 49.5 Å². The second-order valence-corrected chi connectivity index (χ2v) is 14.3. The number of nitrogens with zero attached hydrogens (tertiary/aromatic N) is 3. The van der Waals surface area contributed by atoms with Gasteiger partial charge in [-0.05, 0) is 103 Å². The van der Waals surface area contributed by atoms with Gasteiger partial charge in [-0.15, -0.1) is 54.1 Å². The summed E-state index contributed by atoms with van der Waals surface area (Å²) in [6.45, 7) is 8.59. The zero-order chi connectivity index (χ0) is 36.3. The van der Waals surface area contributed by atoms with E-state index in [0.717, 1.165) is 50.1 Å². The van der Waals surface area contributed by atoms with E-state index in [0.29, 0.717) is 11.6 Å². The molecule has 0 bridgehead atoms. The van der Waals surface area contributed by atoms with Gasteiger partial charge in [0.15, 0.2) is 0 Å². The van der Waals surface area contributed by atoms with Crippen molar-refractivity contribution >= 4 is 22.1 Å². The summed E-state index contributed by atoms with van der Waals surface area (Å²) in [5.41, 5.74) is 16.1. The van der Waals surface area contributed by atoms with E-state index in [2.05, 4.69) is 117 Å². The zero-order valence-electron chi connectivity index (χ0n) is 31.2. The number of pyridine rings is 3. The number of benzene rings is 4. The predicted octanol–water partition coefficient (Wildman–Crippen LogP) is 13.0. The number of hydrogen-bond donors (Lipinski definition) is 0. The maximum Gasteiger partial charge on any atom is 0.216 e. The van der Waals surface area contributed by atoms with Crippen LogP contribution in [-0.4, -0.2) is 15.0 Å². The molecule has 1 radical (unpaired) electrons. The van der Waals surface area contributed by atoms with Crippen LogP contribution in [0.5, 0.6) is 0 Å². The molecule has 1 aliphatic rings. The Hall–Kier alpha value is -5.22. The summed E-state index contributed by atoms with van der Waals surface area (Å²) in [5.74, 6) is 0.635. The number of furan rings is 1. The minimum absolute atomic E-state index is 0. The molecule has 5 heteroatoms. The van der Waals surface area contributed by atoms with E-state index in [1.54, 1.807) is 0 Å². The maximum absolute atomic E-state index is 6.50. The minimum atomic E-state index is 0. The minimum Gasteiger partial charge on any atom is -0.486 e. The van der Waals surface area contributed by atoms with Crippen molar-refractivity contribution < 1.29 is 24.5 Å². The normalized spacial score (nSPS) is 13.0. The third kappa shape index (κ3) is 7.57. The Balaban J connectivity index is 0.000000272. The first-order chi connectivity index (χ1) is 25.9. The van der Waals surface area contributed by atoms with Crippen LogP contribution >= 0.6 is 0 Å². The van der Waals surface area contributed by atoms with E-state index < -0.39 is 0 Å². The maximum atomic E-state index is 6.50. The smallest absolute Gasteiger partial charge is 0.216 e. The number of aryl methyl sites for hydroxylation is 3. The van der Waals surface area contributed by atoms with E-state index in [1.165, 1.54) is 71.0 Å². The molecule has 271 valence electrons. The van der Waals surface area contributed by atoms with Crippen molar-refractivity contribution in [2.75, 3.05) is 0 Å². The fourth-order valence-corrected chi connectivity index (χ4v) is 7.85. The molecule has 0 unspecified atom stereocenters. The molecule has 0 atom stereocenters. The summed E-state index contributed by atoms with van der Waals surface area (Å²) < 4.78 is 6.50. The Kier molecular flexibility index (Phi) is 11.3. The van der Waals surface area contributed by atoms with Crippen molar-refractivity contribution in [3.05, 3.63) is 162 Å². The number of hydrogen-bond acceptors (Lipinski definition) is 4. The molecule has 1 saturated carbocycles. The van der Waals surface area contributed by atoms with Crippen molar-refractivity contribution in [2.45, 2.75) is 65.7 Å². The van der Waals surface area contributed by atoms with Crippen molar-refractivity contribution in [1.82, 2.24) is 15.0 Å². The molecule has 8 aromatic rings. The molecular weight excluding hydrogens is 839 g/mol. The second-order valence-electron chi connectivity index (χ2n) is 14.3. The van der Waals surface area contributed by atoms with E-state index in [4.69, 9.17) is 14.4 Å². The van der Waals surface area contributed by atoms with Crippen LogP contribution in [0.15, 0.2) is 126 Å². The fraction of sp³-hybridized carbons (Fsp3) is 0.204. The van der Waals surface area contributed by atoms with Crippen molar-refractivity contribution in [2.24, 2.45) is 0 Å². The SMILES string of the molecule is Cc1cc(-c2[c-]ccc3c2oc2nc(-c4c(C)ccc(-c5ccccc5)c4C)ccc23)ncc1C1CCCCC1.Cc1ccc(-c2[c-]cccc2)nc1.[Ir]. The summed E-state index contributed by atoms with van der Waals surface area (Å²) in [5, 5.41) is 2.06. The molecule has 9 rings (SSSR count). The summed E-state index contributed by atoms with van der Waals surface area (Å²) in [6.07, 6.45) is 10.5. The molecule has 1 fully saturated rings. The number of fused-ring (bicyclic) bond motifs is 3. The summed E-state index contributed by atoms with van der Waals surface area (Å²) >= 11 is 0. The average molecular weight is 882 g/mol. The van der Waals surface area contributed by atoms with Crippen molar-refractivity contribution in [3.8, 4) is 44.9 Å². The Morgan fingerprint density at radius 1 is 0.648 bits per heavy atom. The van der Waals surface area contributed by atoms with Gasteiger partial charge in [-0.1, -0.05) is 96.4 Å². The van der Waals surface area contributed by atoms with Gasteiger partial charge < -0.3 is 14.4 Å². The third-order valence-electron chi connectivity index (χ3n) is 10.7. The van der Waals surface area contributed by atoms with Gasteiger partial charge in [0.2, 0.25) is 5.71 Å². The number of aromatic nitrogens is 3. The molecule has 1 aliphatic carbocycles. The molecule has 0 saturated heterocycles. The average Bonchev–Trinajstić information content (AvgIpc) is 3.58. The first-order valence-corrected chi connectivity index (χ1v) is 18.7. The molecule has 4 nitrogen and oxygen atoms in total. The van der Waals surface area contributed by atoms with Crippen LogP contribution in [0, 0.1) is 39.8 Å². The van der Waals surface area contributed by atoms with Gasteiger partial charge >= 0.3 is 0 Å². The van der Waals surface area contributed by atoms with E-state index in [9.17, 15) is 0 Å². The van der Waals surface area contributed by atoms with Crippen LogP contribution in [0.3, 0.4) is 0 Å². The Morgan fingerprint density at radius 3 is 2.17 bits per heavy atom. The molecule has 54 heavy (non-hydrogen) atoms.